The van der Waals surface area contributed by atoms with Crippen molar-refractivity contribution in [2.45, 2.75) is 13.8 Å². The normalized spacial score (nSPS) is 10.4. The minimum atomic E-state index is -5.21. The number of hydrogen-bond donors (Lipinski definition) is 4. The van der Waals surface area contributed by atoms with Gasteiger partial charge in [0, 0.05) is 0 Å². The van der Waals surface area contributed by atoms with Crippen LogP contribution in [-0.4, -0.2) is 46.5 Å². The van der Waals surface area contributed by atoms with Crippen LogP contribution in [0.5, 0.6) is 5.75 Å². The predicted molar refractivity (Wildman–Crippen MR) is 100 cm³/mol. The maximum atomic E-state index is 11.0. The molecule has 0 fully saturated rings. The number of benzene rings is 2. The maximum Gasteiger partial charge on any atom is 0.338 e. The number of anilines is 1. The molecular weight excluding hydrogens is 441 g/mol. The van der Waals surface area contributed by atoms with Gasteiger partial charge in [-0.2, -0.15) is 0 Å². The zero-order valence-electron chi connectivity index (χ0n) is 14.8. The smallest absolute Gasteiger partial charge is 0.338 e. The third-order valence-corrected chi connectivity index (χ3v) is 5.62. The first-order valence-electron chi connectivity index (χ1n) is 7.47. The van der Waals surface area contributed by atoms with Crippen molar-refractivity contribution < 1.29 is 31.4 Å². The standard InChI is InChI=1S/C9H10O2.C8H9AsClNO5/c1-7-5-3-4-6-8(7)9(10)11-2;1-4(12)11-7-3-8(13)5(2-6(7)10)9(14,15)16/h3-6H,1-2H3;2-3,13H,1H3,(H,11,12)(H2,14,15,16). The Morgan fingerprint density at radius 2 is 1.78 bits per heavy atom. The van der Waals surface area contributed by atoms with E-state index in [-0.39, 0.29) is 16.7 Å². The van der Waals surface area contributed by atoms with Crippen LogP contribution in [-0.2, 0) is 13.3 Å². The van der Waals surface area contributed by atoms with Gasteiger partial charge in [-0.25, -0.2) is 4.79 Å². The number of aromatic hydroxyl groups is 1. The van der Waals surface area contributed by atoms with E-state index in [0.717, 1.165) is 17.7 Å². The number of aryl methyl sites for hydroxylation is 1. The molecule has 27 heavy (non-hydrogen) atoms. The van der Waals surface area contributed by atoms with Crippen molar-refractivity contribution in [2.75, 3.05) is 12.4 Å². The second kappa shape index (κ2) is 9.62. The van der Waals surface area contributed by atoms with Gasteiger partial charge in [-0.15, -0.1) is 0 Å². The number of phenols is 1. The first-order chi connectivity index (χ1) is 12.5. The van der Waals surface area contributed by atoms with E-state index in [2.05, 4.69) is 10.1 Å². The molecule has 0 heterocycles. The van der Waals surface area contributed by atoms with Gasteiger partial charge >= 0.3 is 105 Å². The van der Waals surface area contributed by atoms with Crippen molar-refractivity contribution in [2.24, 2.45) is 0 Å². The van der Waals surface area contributed by atoms with Gasteiger partial charge in [0.1, 0.15) is 0 Å². The first kappa shape index (κ1) is 22.8. The van der Waals surface area contributed by atoms with Crippen molar-refractivity contribution in [3.8, 4) is 5.75 Å². The van der Waals surface area contributed by atoms with E-state index in [4.69, 9.17) is 19.8 Å². The minimum absolute atomic E-state index is 0.0484. The van der Waals surface area contributed by atoms with Crippen molar-refractivity contribution in [1.82, 2.24) is 0 Å². The Labute approximate surface area is 163 Å². The number of rotatable bonds is 3. The number of ether oxygens (including phenoxy) is 1. The zero-order valence-corrected chi connectivity index (χ0v) is 17.4. The summed E-state index contributed by atoms with van der Waals surface area (Å²) < 4.78 is 32.9. The van der Waals surface area contributed by atoms with Gasteiger partial charge in [0.2, 0.25) is 0 Å². The molecule has 2 aromatic carbocycles. The third kappa shape index (κ3) is 6.77. The molecule has 146 valence electrons. The molecule has 0 saturated heterocycles. The van der Waals surface area contributed by atoms with E-state index in [1.54, 1.807) is 6.07 Å². The molecular formula is C17H19AsClNO7. The van der Waals surface area contributed by atoms with Gasteiger partial charge in [-0.1, -0.05) is 18.2 Å². The Bertz CT molecular complexity index is 895. The Balaban J connectivity index is 0.000000289. The van der Waals surface area contributed by atoms with E-state index in [9.17, 15) is 18.4 Å². The van der Waals surface area contributed by atoms with Crippen LogP contribution >= 0.6 is 11.6 Å². The molecule has 1 amide bonds. The molecule has 10 heteroatoms. The summed E-state index contributed by atoms with van der Waals surface area (Å²) in [4.78, 5) is 21.8. The minimum Gasteiger partial charge on any atom is -0.465 e. The molecule has 0 bridgehead atoms. The summed E-state index contributed by atoms with van der Waals surface area (Å²) in [6.45, 7) is 3.13. The van der Waals surface area contributed by atoms with Gasteiger partial charge in [0.15, 0.2) is 0 Å². The molecule has 0 aliphatic carbocycles. The number of amides is 1. The molecule has 4 N–H and O–H groups in total. The SMILES string of the molecule is CC(=O)Nc1cc(O)c([As](=O)(O)O)cc1Cl.COC(=O)c1ccccc1C. The van der Waals surface area contributed by atoms with E-state index in [1.165, 1.54) is 14.0 Å². The monoisotopic (exact) mass is 459 g/mol. The molecule has 0 radical (unpaired) electrons. The van der Waals surface area contributed by atoms with Crippen LogP contribution in [0.3, 0.4) is 0 Å². The summed E-state index contributed by atoms with van der Waals surface area (Å²) in [6, 6.07) is 9.29. The fourth-order valence-electron chi connectivity index (χ4n) is 1.98. The molecule has 0 atom stereocenters. The molecule has 0 aromatic heterocycles. The summed E-state index contributed by atoms with van der Waals surface area (Å²) in [7, 11) is 1.38. The summed E-state index contributed by atoms with van der Waals surface area (Å²) in [5.74, 6) is -1.28. The number of nitrogens with one attached hydrogen (secondary N) is 1. The Morgan fingerprint density at radius 1 is 1.19 bits per heavy atom. The van der Waals surface area contributed by atoms with E-state index in [0.29, 0.717) is 5.56 Å². The average molecular weight is 460 g/mol. The Hall–Kier alpha value is -2.25. The van der Waals surface area contributed by atoms with Gasteiger partial charge < -0.3 is 4.74 Å². The fraction of sp³-hybridized carbons (Fsp3) is 0.176. The third-order valence-electron chi connectivity index (χ3n) is 3.24. The molecule has 0 spiro atoms. The summed E-state index contributed by atoms with van der Waals surface area (Å²) >= 11 is 0.484. The Kier molecular flexibility index (Phi) is 8.12. The quantitative estimate of drug-likeness (QED) is 0.402. The van der Waals surface area contributed by atoms with E-state index >= 15 is 0 Å². The van der Waals surface area contributed by atoms with Crippen LogP contribution < -0.4 is 9.67 Å². The number of hydrogen-bond acceptors (Lipinski definition) is 5. The van der Waals surface area contributed by atoms with Crippen molar-refractivity contribution in [3.05, 3.63) is 52.5 Å². The molecule has 0 aliphatic rings. The molecule has 0 aliphatic heterocycles. The van der Waals surface area contributed by atoms with Crippen LogP contribution in [0, 0.1) is 6.92 Å². The van der Waals surface area contributed by atoms with Gasteiger partial charge in [-0.3, -0.25) is 0 Å². The topological polar surface area (TPSA) is 133 Å². The molecule has 2 aromatic rings. The zero-order chi connectivity index (χ0) is 20.8. The van der Waals surface area contributed by atoms with Crippen LogP contribution in [0.4, 0.5) is 5.69 Å². The van der Waals surface area contributed by atoms with Crippen LogP contribution in [0.15, 0.2) is 36.4 Å². The number of carbonyl (C=O) groups is 2. The van der Waals surface area contributed by atoms with Crippen molar-refractivity contribution in [1.29, 1.82) is 0 Å². The number of carbonyl (C=O) groups excluding carboxylic acids is 2. The maximum absolute atomic E-state index is 11.0. The molecule has 0 saturated carbocycles. The predicted octanol–water partition coefficient (Wildman–Crippen LogP) is 1.35. The second-order valence-electron chi connectivity index (χ2n) is 5.35. The van der Waals surface area contributed by atoms with Crippen LogP contribution in [0.2, 0.25) is 5.02 Å². The number of esters is 1. The van der Waals surface area contributed by atoms with Crippen LogP contribution in [0.25, 0.3) is 0 Å². The van der Waals surface area contributed by atoms with Crippen LogP contribution in [0.1, 0.15) is 22.8 Å². The fourth-order valence-corrected chi connectivity index (χ4v) is 3.74. The summed E-state index contributed by atoms with van der Waals surface area (Å²) in [6.07, 6.45) is 0. The van der Waals surface area contributed by atoms with Gasteiger partial charge in [0.25, 0.3) is 0 Å². The number of phenolic OH excluding ortho intramolecular Hbond substituents is 1. The second-order valence-corrected chi connectivity index (χ2v) is 9.05. The van der Waals surface area contributed by atoms with Crippen molar-refractivity contribution in [3.63, 3.8) is 0 Å². The van der Waals surface area contributed by atoms with Crippen molar-refractivity contribution >= 4 is 47.7 Å². The Morgan fingerprint density at radius 3 is 2.26 bits per heavy atom. The summed E-state index contributed by atoms with van der Waals surface area (Å²) in [5.41, 5.74) is 1.67. The number of halogens is 1. The summed E-state index contributed by atoms with van der Waals surface area (Å²) in [5, 5.41) is 11.6. The molecule has 2 rings (SSSR count). The van der Waals surface area contributed by atoms with E-state index in [1.807, 2.05) is 25.1 Å². The molecule has 0 unspecified atom stereocenters. The molecule has 8 nitrogen and oxygen atoms in total. The van der Waals surface area contributed by atoms with Gasteiger partial charge in [0.05, 0.1) is 12.7 Å². The first-order valence-corrected chi connectivity index (χ1v) is 11.2. The average Bonchev–Trinajstić information content (AvgIpc) is 2.56. The van der Waals surface area contributed by atoms with Gasteiger partial charge in [-0.05, 0) is 18.6 Å². The van der Waals surface area contributed by atoms with E-state index < -0.39 is 30.2 Å². The largest absolute Gasteiger partial charge is 0.465 e. The number of methoxy groups -OCH3 is 1.